The van der Waals surface area contributed by atoms with Gasteiger partial charge in [0.1, 0.15) is 11.6 Å². The number of carbonyl (C=O) groups excluding carboxylic acids is 1. The van der Waals surface area contributed by atoms with E-state index in [1.54, 1.807) is 37.5 Å². The number of amides is 1. The van der Waals surface area contributed by atoms with Gasteiger partial charge in [-0.15, -0.1) is 6.58 Å². The number of hydrogen-bond donors (Lipinski definition) is 1. The Bertz CT molecular complexity index is 948. The van der Waals surface area contributed by atoms with Gasteiger partial charge >= 0.3 is 0 Å². The Hall–Kier alpha value is -2.79. The van der Waals surface area contributed by atoms with Crippen LogP contribution in [0.2, 0.25) is 5.02 Å². The molecule has 0 saturated carbocycles. The lowest BCUT2D eigenvalue weighted by Gasteiger charge is -2.15. The van der Waals surface area contributed by atoms with Gasteiger partial charge < -0.3 is 14.6 Å². The van der Waals surface area contributed by atoms with Crippen LogP contribution >= 0.6 is 11.6 Å². The van der Waals surface area contributed by atoms with Crippen molar-refractivity contribution in [1.29, 1.82) is 0 Å². The summed E-state index contributed by atoms with van der Waals surface area (Å²) in [6.07, 6.45) is 1.80. The van der Waals surface area contributed by atoms with Crippen LogP contribution in [-0.2, 0) is 6.54 Å². The Kier molecular flexibility index (Phi) is 5.28. The average molecular weight is 370 g/mol. The first-order chi connectivity index (χ1) is 12.5. The zero-order chi connectivity index (χ0) is 18.7. The van der Waals surface area contributed by atoms with Crippen LogP contribution in [0.15, 0.2) is 55.1 Å². The molecular weight excluding hydrogens is 350 g/mol. The number of allylic oxidation sites excluding steroid dienone is 1. The summed E-state index contributed by atoms with van der Waals surface area (Å²) in [5, 5.41) is 3.58. The number of methoxy groups -OCH3 is 1. The third-order valence-electron chi connectivity index (χ3n) is 4.14. The van der Waals surface area contributed by atoms with Gasteiger partial charge in [-0.1, -0.05) is 17.7 Å². The minimum atomic E-state index is -0.281. The van der Waals surface area contributed by atoms with Crippen LogP contribution in [0.3, 0.4) is 0 Å². The summed E-state index contributed by atoms with van der Waals surface area (Å²) in [6.45, 7) is 6.31. The molecule has 0 saturated heterocycles. The highest BCUT2D eigenvalue weighted by atomic mass is 35.5. The lowest BCUT2D eigenvalue weighted by atomic mass is 10.2. The second kappa shape index (κ2) is 7.62. The molecule has 134 valence electrons. The highest BCUT2D eigenvalue weighted by molar-refractivity contribution is 6.30. The van der Waals surface area contributed by atoms with Crippen LogP contribution in [0.1, 0.15) is 29.1 Å². The molecule has 1 amide bonds. The molecule has 0 aliphatic rings. The maximum Gasteiger partial charge on any atom is 0.251 e. The molecule has 1 aromatic heterocycles. The maximum absolute atomic E-state index is 12.5. The third-order valence-corrected chi connectivity index (χ3v) is 4.39. The Morgan fingerprint density at radius 2 is 2.08 bits per heavy atom. The number of aromatic nitrogens is 2. The fraction of sp³-hybridized carbons (Fsp3) is 0.200. The molecule has 6 heteroatoms. The Labute approximate surface area is 157 Å². The zero-order valence-corrected chi connectivity index (χ0v) is 15.5. The minimum Gasteiger partial charge on any atom is -0.497 e. The van der Waals surface area contributed by atoms with E-state index in [0.717, 1.165) is 22.6 Å². The molecule has 1 N–H and O–H groups in total. The summed E-state index contributed by atoms with van der Waals surface area (Å²) in [6, 6.07) is 12.2. The second-order valence-corrected chi connectivity index (χ2v) is 6.36. The Morgan fingerprint density at radius 1 is 1.35 bits per heavy atom. The quantitative estimate of drug-likeness (QED) is 0.656. The monoisotopic (exact) mass is 369 g/mol. The van der Waals surface area contributed by atoms with Crippen molar-refractivity contribution >= 4 is 28.5 Å². The number of nitrogens with zero attached hydrogens (tertiary/aromatic N) is 2. The van der Waals surface area contributed by atoms with Crippen molar-refractivity contribution in [3.8, 4) is 5.75 Å². The fourth-order valence-electron chi connectivity index (χ4n) is 2.85. The van der Waals surface area contributed by atoms with E-state index in [0.29, 0.717) is 17.1 Å². The molecule has 3 rings (SSSR count). The minimum absolute atomic E-state index is 0.177. The van der Waals surface area contributed by atoms with Crippen LogP contribution < -0.4 is 10.1 Å². The molecule has 0 spiro atoms. The summed E-state index contributed by atoms with van der Waals surface area (Å²) < 4.78 is 7.34. The number of hydrogen-bond acceptors (Lipinski definition) is 3. The zero-order valence-electron chi connectivity index (χ0n) is 14.7. The van der Waals surface area contributed by atoms with Crippen LogP contribution in [0.25, 0.3) is 11.0 Å². The van der Waals surface area contributed by atoms with Crippen LogP contribution in [0.5, 0.6) is 5.75 Å². The van der Waals surface area contributed by atoms with E-state index in [9.17, 15) is 4.79 Å². The molecule has 26 heavy (non-hydrogen) atoms. The van der Waals surface area contributed by atoms with Gasteiger partial charge in [-0.25, -0.2) is 4.98 Å². The van der Waals surface area contributed by atoms with E-state index >= 15 is 0 Å². The first-order valence-corrected chi connectivity index (χ1v) is 8.62. The van der Waals surface area contributed by atoms with E-state index < -0.39 is 0 Å². The average Bonchev–Trinajstić information content (AvgIpc) is 3.00. The number of rotatable bonds is 6. The number of halogens is 1. The van der Waals surface area contributed by atoms with Crippen molar-refractivity contribution in [2.24, 2.45) is 0 Å². The van der Waals surface area contributed by atoms with E-state index in [-0.39, 0.29) is 11.9 Å². The fourth-order valence-corrected chi connectivity index (χ4v) is 2.97. The van der Waals surface area contributed by atoms with Gasteiger partial charge in [0.15, 0.2) is 0 Å². The van der Waals surface area contributed by atoms with Gasteiger partial charge in [-0.3, -0.25) is 4.79 Å². The Balaban J connectivity index is 1.92. The van der Waals surface area contributed by atoms with Gasteiger partial charge in [0.2, 0.25) is 0 Å². The van der Waals surface area contributed by atoms with Crippen molar-refractivity contribution in [3.63, 3.8) is 0 Å². The molecule has 1 atom stereocenters. The number of nitrogens with one attached hydrogen (secondary N) is 1. The van der Waals surface area contributed by atoms with E-state index in [1.807, 2.05) is 29.7 Å². The van der Waals surface area contributed by atoms with E-state index in [2.05, 4.69) is 11.9 Å². The lowest BCUT2D eigenvalue weighted by molar-refractivity contribution is 0.0938. The number of ether oxygens (including phenoxy) is 1. The van der Waals surface area contributed by atoms with Gasteiger partial charge in [-0.05, 0) is 43.3 Å². The first-order valence-electron chi connectivity index (χ1n) is 8.25. The highest BCUT2D eigenvalue weighted by Crippen LogP contribution is 2.25. The lowest BCUT2D eigenvalue weighted by Crippen LogP contribution is -2.28. The van der Waals surface area contributed by atoms with Crippen molar-refractivity contribution in [3.05, 3.63) is 71.5 Å². The van der Waals surface area contributed by atoms with Crippen LogP contribution in [-0.4, -0.2) is 22.6 Å². The van der Waals surface area contributed by atoms with E-state index in [4.69, 9.17) is 21.3 Å². The van der Waals surface area contributed by atoms with Crippen molar-refractivity contribution < 1.29 is 9.53 Å². The molecule has 0 radical (unpaired) electrons. The molecule has 1 unspecified atom stereocenters. The summed E-state index contributed by atoms with van der Waals surface area (Å²) in [4.78, 5) is 17.2. The summed E-state index contributed by atoms with van der Waals surface area (Å²) in [5.41, 5.74) is 2.33. The molecule has 0 aliphatic carbocycles. The SMILES string of the molecule is C=CCn1c(C(C)NC(=O)c2ccc(Cl)cc2)nc2ccc(OC)cc21. The summed E-state index contributed by atoms with van der Waals surface area (Å²) in [7, 11) is 1.63. The van der Waals surface area contributed by atoms with Gasteiger partial charge in [0.05, 0.1) is 24.2 Å². The maximum atomic E-state index is 12.5. The number of benzene rings is 2. The molecule has 5 nitrogen and oxygen atoms in total. The topological polar surface area (TPSA) is 56.2 Å². The van der Waals surface area contributed by atoms with Crippen LogP contribution in [0.4, 0.5) is 0 Å². The second-order valence-electron chi connectivity index (χ2n) is 5.93. The van der Waals surface area contributed by atoms with E-state index in [1.165, 1.54) is 0 Å². The predicted octanol–water partition coefficient (Wildman–Crippen LogP) is 4.38. The van der Waals surface area contributed by atoms with Crippen molar-refractivity contribution in [1.82, 2.24) is 14.9 Å². The van der Waals surface area contributed by atoms with Crippen molar-refractivity contribution in [2.75, 3.05) is 7.11 Å². The summed E-state index contributed by atoms with van der Waals surface area (Å²) >= 11 is 5.88. The van der Waals surface area contributed by atoms with Gasteiger partial charge in [0, 0.05) is 23.2 Å². The normalized spacial score (nSPS) is 12.0. The predicted molar refractivity (Wildman–Crippen MR) is 104 cm³/mol. The number of fused-ring (bicyclic) bond motifs is 1. The molecule has 0 bridgehead atoms. The Morgan fingerprint density at radius 3 is 2.73 bits per heavy atom. The molecule has 2 aromatic carbocycles. The van der Waals surface area contributed by atoms with Gasteiger partial charge in [0.25, 0.3) is 5.91 Å². The molecule has 0 aliphatic heterocycles. The third kappa shape index (κ3) is 3.58. The first kappa shape index (κ1) is 18.0. The standard InChI is InChI=1S/C20H20ClN3O2/c1-4-11-24-18-12-16(26-3)9-10-17(18)23-19(24)13(2)22-20(25)14-5-7-15(21)8-6-14/h4-10,12-13H,1,11H2,2-3H3,(H,22,25). The van der Waals surface area contributed by atoms with Gasteiger partial charge in [-0.2, -0.15) is 0 Å². The van der Waals surface area contributed by atoms with Crippen LogP contribution in [0, 0.1) is 0 Å². The highest BCUT2D eigenvalue weighted by Gasteiger charge is 2.19. The largest absolute Gasteiger partial charge is 0.497 e. The molecule has 1 heterocycles. The smallest absolute Gasteiger partial charge is 0.251 e. The summed E-state index contributed by atoms with van der Waals surface area (Å²) in [5.74, 6) is 1.34. The molecule has 3 aromatic rings. The number of carbonyl (C=O) groups is 1. The molecular formula is C20H20ClN3O2. The number of imidazole rings is 1. The van der Waals surface area contributed by atoms with Crippen molar-refractivity contribution in [2.45, 2.75) is 19.5 Å². The molecule has 0 fully saturated rings.